The summed E-state index contributed by atoms with van der Waals surface area (Å²) in [6.45, 7) is 14.0. The number of hydrogen-bond donors (Lipinski definition) is 19. The number of unbranched alkanes of at least 4 members (excludes halogenated alkanes) is 3. The van der Waals surface area contributed by atoms with E-state index >= 15 is 4.79 Å². The molecule has 11 amide bonds. The Kier molecular flexibility index (Phi) is 34.8. The van der Waals surface area contributed by atoms with Crippen LogP contribution in [0.15, 0.2) is 30.3 Å². The van der Waals surface area contributed by atoms with E-state index in [1.807, 2.05) is 31.4 Å². The molecule has 22 N–H and O–H groups in total. The first-order valence-electron chi connectivity index (χ1n) is 31.2. The highest BCUT2D eigenvalue weighted by molar-refractivity contribution is 6.00. The van der Waals surface area contributed by atoms with Crippen molar-refractivity contribution in [1.29, 1.82) is 5.41 Å². The molecule has 0 bridgehead atoms. The Balaban J connectivity index is 3.14. The fraction of sp³-hybridized carbons (Fsp3) is 0.683. The minimum atomic E-state index is -2.57. The summed E-state index contributed by atoms with van der Waals surface area (Å²) < 4.78 is 5.95. The van der Waals surface area contributed by atoms with Crippen LogP contribution in [0.2, 0.25) is 0 Å². The number of aliphatic hydroxyl groups excluding tert-OH is 4. The number of primary amides is 1. The summed E-state index contributed by atoms with van der Waals surface area (Å²) in [5.41, 5.74) is 17.0. The molecule has 0 saturated carbocycles. The molecule has 2 rings (SSSR count). The quantitative estimate of drug-likeness (QED) is 0.0181. The Morgan fingerprint density at radius 3 is 1.79 bits per heavy atom. The van der Waals surface area contributed by atoms with E-state index in [0.29, 0.717) is 12.8 Å². The molecule has 32 nitrogen and oxygen atoms in total. The van der Waals surface area contributed by atoms with Crippen LogP contribution in [0.3, 0.4) is 0 Å². The molecule has 1 aromatic rings. The van der Waals surface area contributed by atoms with Crippen LogP contribution in [0.4, 0.5) is 0 Å². The maximum absolute atomic E-state index is 15.4. The lowest BCUT2D eigenvalue weighted by Gasteiger charge is -2.33. The highest BCUT2D eigenvalue weighted by Crippen LogP contribution is 2.25. The van der Waals surface area contributed by atoms with Gasteiger partial charge in [0.05, 0.1) is 31.4 Å². The zero-order chi connectivity index (χ0) is 69.7. The van der Waals surface area contributed by atoms with Crippen LogP contribution in [0.1, 0.15) is 145 Å². The van der Waals surface area contributed by atoms with Crippen LogP contribution >= 0.6 is 0 Å². The first kappa shape index (κ1) is 80.0. The van der Waals surface area contributed by atoms with Gasteiger partial charge in [-0.05, 0) is 68.3 Å². The lowest BCUT2D eigenvalue weighted by atomic mass is 9.95. The minimum absolute atomic E-state index is 0.0136. The van der Waals surface area contributed by atoms with Crippen molar-refractivity contribution >= 4 is 76.9 Å². The first-order chi connectivity index (χ1) is 43.2. The van der Waals surface area contributed by atoms with Gasteiger partial charge in [-0.1, -0.05) is 125 Å². The van der Waals surface area contributed by atoms with E-state index in [0.717, 1.165) is 19.8 Å². The maximum atomic E-state index is 15.4. The molecule has 15 atom stereocenters. The smallest absolute Gasteiger partial charge is 0.331 e. The molecule has 1 saturated heterocycles. The molecule has 92 heavy (non-hydrogen) atoms. The average molecular weight is 1300 g/mol. The van der Waals surface area contributed by atoms with Crippen molar-refractivity contribution in [2.24, 2.45) is 40.9 Å². The van der Waals surface area contributed by atoms with Gasteiger partial charge in [-0.15, -0.1) is 0 Å². The molecule has 0 aromatic heterocycles. The Hall–Kier alpha value is -8.07. The second-order valence-electron chi connectivity index (χ2n) is 24.3. The number of carbonyl (C=O) groups excluding carboxylic acids is 12. The zero-order valence-electron chi connectivity index (χ0n) is 54.3. The molecule has 518 valence electrons. The number of carbonyl (C=O) groups is 12. The number of ether oxygens (including phenoxy) is 1. The number of rotatable bonds is 26. The number of guanidine groups is 1. The van der Waals surface area contributed by atoms with Crippen LogP contribution < -0.4 is 75.7 Å². The summed E-state index contributed by atoms with van der Waals surface area (Å²) in [5.74, 6) is -16.9. The van der Waals surface area contributed by atoms with Crippen LogP contribution in [-0.2, 0) is 62.3 Å². The zero-order valence-corrected chi connectivity index (χ0v) is 54.3. The highest BCUT2D eigenvalue weighted by Gasteiger charge is 2.43. The molecule has 0 radical (unpaired) electrons. The van der Waals surface area contributed by atoms with Gasteiger partial charge in [0, 0.05) is 6.54 Å². The highest BCUT2D eigenvalue weighted by atomic mass is 16.5. The van der Waals surface area contributed by atoms with Crippen molar-refractivity contribution in [3.63, 3.8) is 0 Å². The predicted molar refractivity (Wildman–Crippen MR) is 335 cm³/mol. The van der Waals surface area contributed by atoms with Crippen LogP contribution in [0.5, 0.6) is 0 Å². The second kappa shape index (κ2) is 40.0. The number of cyclic esters (lactones) is 1. The first-order valence-corrected chi connectivity index (χ1v) is 31.2. The molecular formula is C60H101N15O17. The topological polar surface area (TPSA) is 529 Å². The van der Waals surface area contributed by atoms with Gasteiger partial charge >= 0.3 is 5.97 Å². The molecular weight excluding hydrogens is 1200 g/mol. The predicted octanol–water partition coefficient (Wildman–Crippen LogP) is -4.30. The summed E-state index contributed by atoms with van der Waals surface area (Å²) in [6.07, 6.45) is -5.46. The van der Waals surface area contributed by atoms with Crippen molar-refractivity contribution in [3.05, 3.63) is 35.9 Å². The fourth-order valence-corrected chi connectivity index (χ4v) is 9.62. The average Bonchev–Trinajstić information content (AvgIpc) is 0.885. The molecule has 32 heteroatoms. The van der Waals surface area contributed by atoms with E-state index in [-0.39, 0.29) is 62.5 Å². The molecule has 1 aromatic carbocycles. The van der Waals surface area contributed by atoms with E-state index in [1.165, 1.54) is 44.2 Å². The third-order valence-electron chi connectivity index (χ3n) is 15.1. The van der Waals surface area contributed by atoms with Crippen LogP contribution in [-0.4, -0.2) is 196 Å². The third-order valence-corrected chi connectivity index (χ3v) is 15.1. The summed E-state index contributed by atoms with van der Waals surface area (Å²) in [5, 5.41) is 78.5. The molecule has 1 aliphatic heterocycles. The number of nitrogens with one attached hydrogen (secondary N) is 12. The van der Waals surface area contributed by atoms with Gasteiger partial charge in [0.2, 0.25) is 65.0 Å². The number of benzene rings is 1. The van der Waals surface area contributed by atoms with Gasteiger partial charge in [-0.25, -0.2) is 4.79 Å². The lowest BCUT2D eigenvalue weighted by molar-refractivity contribution is -0.159. The van der Waals surface area contributed by atoms with E-state index in [1.54, 1.807) is 27.7 Å². The second-order valence-corrected chi connectivity index (χ2v) is 24.3. The van der Waals surface area contributed by atoms with Crippen molar-refractivity contribution < 1.29 is 82.7 Å². The van der Waals surface area contributed by atoms with Gasteiger partial charge in [0.25, 0.3) is 0 Å². The minimum Gasteiger partial charge on any atom is -0.453 e. The SMILES string of the molecule is CCCCCC[C@H](NC(=O)[C@H](N)CC(C)C)C(=O)N[C@@H]1C(=O)N[C@@H]([C@H](O)C(C)C)C(=O)N[C@@H](CC(C)C)C(=O)N[C@H](CCCNC(=N)N)C(=O)N[C@@H]([C@@H](C)CC)C(=O)N[C@@H]([C@H](C)O)C(=O)NCC(=O)N[C@@H]([C@H](O)C(N)=O)C(=O)N[C@@H](CO)C(=O)O[C@@H]1c1ccccc1. The third kappa shape index (κ3) is 26.6. The van der Waals surface area contributed by atoms with Crippen molar-refractivity contribution in [2.75, 3.05) is 19.7 Å². The van der Waals surface area contributed by atoms with Crippen molar-refractivity contribution in [3.8, 4) is 0 Å². The summed E-state index contributed by atoms with van der Waals surface area (Å²) >= 11 is 0. The fourth-order valence-electron chi connectivity index (χ4n) is 9.62. The Morgan fingerprint density at radius 2 is 1.24 bits per heavy atom. The number of hydrogen-bond acceptors (Lipinski definition) is 19. The Labute approximate surface area is 536 Å². The van der Waals surface area contributed by atoms with E-state index < -0.39 is 187 Å². The molecule has 1 fully saturated rings. The van der Waals surface area contributed by atoms with Gasteiger partial charge in [-0.2, -0.15) is 0 Å². The van der Waals surface area contributed by atoms with Gasteiger partial charge < -0.3 is 101 Å². The van der Waals surface area contributed by atoms with E-state index in [9.17, 15) is 73.2 Å². The van der Waals surface area contributed by atoms with Crippen LogP contribution in [0, 0.1) is 29.1 Å². The van der Waals surface area contributed by atoms with Gasteiger partial charge in [-0.3, -0.25) is 58.1 Å². The van der Waals surface area contributed by atoms with Crippen LogP contribution in [0.25, 0.3) is 0 Å². The van der Waals surface area contributed by atoms with Gasteiger partial charge in [0.1, 0.15) is 48.3 Å². The van der Waals surface area contributed by atoms with E-state index in [4.69, 9.17) is 27.3 Å². The number of amides is 11. The standard InChI is InChI=1S/C60H101N15O17/c1-11-13-14-18-22-36(67-50(82)35(61)25-29(3)4)52(84)75-45-48(34-20-16-15-17-21-34)92-59(91)39(28-76)70-57(89)44(47(80)49(62)81)71-40(78)27-66-54(86)42(33(10)77)73-55(87)41(32(9)12-2)72-51(83)37(23-19-24-65-60(63)64)68-53(85)38(26-30(5)6)69-56(88)43(74-58(45)90)46(79)31(7)8/h15-17,20-21,29-33,35-39,41-48,76-77,79-80H,11-14,18-19,22-28,61H2,1-10H3,(H2,62,81)(H,66,86)(H,67,82)(H,68,85)(H,69,88)(H,70,89)(H,71,78)(H,72,83)(H,73,87)(H,74,90)(H,75,84)(H4,63,64,65)/t32-,33-,35+,36-,37+,38-,39-,41-,42-,43-,44-,45-,46+,47-,48+/m0/s1. The van der Waals surface area contributed by atoms with Gasteiger partial charge in [0.15, 0.2) is 24.2 Å². The number of esters is 1. The Morgan fingerprint density at radius 1 is 0.663 bits per heavy atom. The lowest BCUT2D eigenvalue weighted by Crippen LogP contribution is -2.64. The largest absolute Gasteiger partial charge is 0.453 e. The summed E-state index contributed by atoms with van der Waals surface area (Å²) in [7, 11) is 0. The maximum Gasteiger partial charge on any atom is 0.331 e. The molecule has 0 unspecified atom stereocenters. The normalized spacial score (nSPS) is 24.4. The monoisotopic (exact) mass is 1300 g/mol. The Bertz CT molecular complexity index is 2650. The number of aliphatic hydroxyl groups is 4. The number of nitrogens with two attached hydrogens (primary N) is 3. The summed E-state index contributed by atoms with van der Waals surface area (Å²) in [6, 6.07) is -10.6. The van der Waals surface area contributed by atoms with Crippen molar-refractivity contribution in [2.45, 2.75) is 218 Å². The molecule has 1 aliphatic rings. The molecule has 0 aliphatic carbocycles. The molecule has 0 spiro atoms. The molecule has 1 heterocycles. The summed E-state index contributed by atoms with van der Waals surface area (Å²) in [4.78, 5) is 170. The van der Waals surface area contributed by atoms with Crippen molar-refractivity contribution in [1.82, 2.24) is 58.5 Å². The van der Waals surface area contributed by atoms with E-state index in [2.05, 4.69) is 47.9 Å².